The van der Waals surface area contributed by atoms with Gasteiger partial charge < -0.3 is 16.0 Å². The van der Waals surface area contributed by atoms with E-state index in [4.69, 9.17) is 5.73 Å². The maximum atomic E-state index is 5.95. The molecule has 0 saturated carbocycles. The Hall–Kier alpha value is -1.88. The van der Waals surface area contributed by atoms with Crippen molar-refractivity contribution in [3.05, 3.63) is 36.4 Å². The van der Waals surface area contributed by atoms with Crippen LogP contribution in [0, 0.1) is 12.3 Å². The summed E-state index contributed by atoms with van der Waals surface area (Å²) < 4.78 is 0. The third-order valence-electron chi connectivity index (χ3n) is 4.82. The predicted octanol–water partition coefficient (Wildman–Crippen LogP) is 1.79. The molecule has 2 atom stereocenters. The lowest BCUT2D eigenvalue weighted by Gasteiger charge is -2.24. The molecule has 5 heteroatoms. The molecule has 1 radical (unpaired) electrons. The first kappa shape index (κ1) is 13.8. The first-order valence-corrected chi connectivity index (χ1v) is 8.13. The minimum absolute atomic E-state index is 0.357. The van der Waals surface area contributed by atoms with Gasteiger partial charge in [0.25, 0.3) is 0 Å². The summed E-state index contributed by atoms with van der Waals surface area (Å²) in [6.07, 6.45) is 12.1. The van der Waals surface area contributed by atoms with Crippen LogP contribution in [0.5, 0.6) is 0 Å². The van der Waals surface area contributed by atoms with E-state index in [0.717, 1.165) is 49.1 Å². The monoisotopic (exact) mass is 296 g/mol. The molecule has 3 aliphatic rings. The minimum atomic E-state index is 0.357. The van der Waals surface area contributed by atoms with E-state index in [9.17, 15) is 0 Å². The van der Waals surface area contributed by atoms with Gasteiger partial charge in [0.2, 0.25) is 5.95 Å². The van der Waals surface area contributed by atoms with Gasteiger partial charge in [-0.1, -0.05) is 18.2 Å². The lowest BCUT2D eigenvalue weighted by atomic mass is 9.94. The molecule has 0 bridgehead atoms. The molecule has 2 saturated heterocycles. The van der Waals surface area contributed by atoms with Crippen molar-refractivity contribution in [1.82, 2.24) is 15.3 Å². The number of nitrogens with two attached hydrogens (primary N) is 1. The molecule has 4 rings (SSSR count). The van der Waals surface area contributed by atoms with Gasteiger partial charge in [-0.2, -0.15) is 4.98 Å². The van der Waals surface area contributed by atoms with Gasteiger partial charge in [0.1, 0.15) is 5.82 Å². The zero-order valence-corrected chi connectivity index (χ0v) is 12.7. The number of hydrogen-bond acceptors (Lipinski definition) is 5. The fourth-order valence-corrected chi connectivity index (χ4v) is 3.69. The molecule has 22 heavy (non-hydrogen) atoms. The van der Waals surface area contributed by atoms with Crippen molar-refractivity contribution in [1.29, 1.82) is 0 Å². The number of piperidine rings is 1. The van der Waals surface area contributed by atoms with Crippen molar-refractivity contribution in [2.24, 2.45) is 5.92 Å². The summed E-state index contributed by atoms with van der Waals surface area (Å²) in [5.74, 6) is 2.05. The van der Waals surface area contributed by atoms with Crippen molar-refractivity contribution in [3.8, 4) is 0 Å². The van der Waals surface area contributed by atoms with E-state index in [2.05, 4.69) is 50.9 Å². The fraction of sp³-hybridized carbons (Fsp3) is 0.471. The highest BCUT2D eigenvalue weighted by atomic mass is 15.3. The topological polar surface area (TPSA) is 67.1 Å². The maximum absolute atomic E-state index is 5.95. The van der Waals surface area contributed by atoms with Crippen LogP contribution in [0.2, 0.25) is 0 Å². The number of allylic oxidation sites excluding steroid dienone is 4. The van der Waals surface area contributed by atoms with Gasteiger partial charge in [-0.25, -0.2) is 4.98 Å². The zero-order chi connectivity index (χ0) is 14.9. The summed E-state index contributed by atoms with van der Waals surface area (Å²) in [6.45, 7) is 3.22. The highest BCUT2D eigenvalue weighted by Gasteiger charge is 2.35. The van der Waals surface area contributed by atoms with Crippen LogP contribution in [0.3, 0.4) is 0 Å². The van der Waals surface area contributed by atoms with Crippen LogP contribution in [0.15, 0.2) is 24.3 Å². The largest absolute Gasteiger partial charge is 0.368 e. The van der Waals surface area contributed by atoms with E-state index < -0.39 is 0 Å². The Morgan fingerprint density at radius 1 is 1.27 bits per heavy atom. The van der Waals surface area contributed by atoms with Crippen molar-refractivity contribution in [2.75, 3.05) is 30.3 Å². The number of nitrogen functional groups attached to an aromatic ring is 1. The Morgan fingerprint density at radius 2 is 2.23 bits per heavy atom. The second-order valence-corrected chi connectivity index (χ2v) is 6.33. The van der Waals surface area contributed by atoms with Crippen molar-refractivity contribution in [3.63, 3.8) is 0 Å². The third-order valence-corrected chi connectivity index (χ3v) is 4.82. The average molecular weight is 296 g/mol. The number of aromatic nitrogens is 2. The molecule has 0 unspecified atom stereocenters. The molecule has 115 valence electrons. The Bertz CT molecular complexity index is 607. The standard InChI is InChI=1S/C17H22N5/c18-17-20-14(12-5-2-1-3-6-12)9-16(21-17)22-10-13-7-4-8-19-15(13)11-22/h2-3,5-6,9,13,15,19H,1,4,7-8,10-11H2,(H2,18,20,21)/t13-,15+/m1/s1. The lowest BCUT2D eigenvalue weighted by Crippen LogP contribution is -2.40. The first-order valence-electron chi connectivity index (χ1n) is 8.13. The SMILES string of the molecule is Nc1nc(C2=C[CH]CC=C2)cc(N2C[C@H]3CCCN[C@H]3C2)n1. The second kappa shape index (κ2) is 5.72. The van der Waals surface area contributed by atoms with Gasteiger partial charge >= 0.3 is 0 Å². The van der Waals surface area contributed by atoms with E-state index in [-0.39, 0.29) is 0 Å². The highest BCUT2D eigenvalue weighted by Crippen LogP contribution is 2.30. The molecule has 0 spiro atoms. The second-order valence-electron chi connectivity index (χ2n) is 6.33. The molecule has 5 nitrogen and oxygen atoms in total. The summed E-state index contributed by atoms with van der Waals surface area (Å²) in [6, 6.07) is 2.67. The molecule has 3 heterocycles. The Kier molecular flexibility index (Phi) is 3.58. The van der Waals surface area contributed by atoms with Crippen LogP contribution < -0.4 is 16.0 Å². The Labute approximate surface area is 131 Å². The smallest absolute Gasteiger partial charge is 0.222 e. The van der Waals surface area contributed by atoms with E-state index in [1.165, 1.54) is 12.8 Å². The van der Waals surface area contributed by atoms with Gasteiger partial charge in [-0.3, -0.25) is 0 Å². The van der Waals surface area contributed by atoms with Gasteiger partial charge in [0, 0.05) is 25.2 Å². The molecule has 2 fully saturated rings. The van der Waals surface area contributed by atoms with Gasteiger partial charge in [0.05, 0.1) is 5.69 Å². The minimum Gasteiger partial charge on any atom is -0.368 e. The predicted molar refractivity (Wildman–Crippen MR) is 89.2 cm³/mol. The van der Waals surface area contributed by atoms with Crippen molar-refractivity contribution in [2.45, 2.75) is 25.3 Å². The van der Waals surface area contributed by atoms with E-state index in [1.54, 1.807) is 0 Å². The summed E-state index contributed by atoms with van der Waals surface area (Å²) in [4.78, 5) is 11.2. The van der Waals surface area contributed by atoms with Gasteiger partial charge in [-0.05, 0) is 43.7 Å². The number of nitrogens with one attached hydrogen (secondary N) is 1. The summed E-state index contributed by atoms with van der Waals surface area (Å²) in [5.41, 5.74) is 7.98. The maximum Gasteiger partial charge on any atom is 0.222 e. The van der Waals surface area contributed by atoms with Crippen LogP contribution >= 0.6 is 0 Å². The number of fused-ring (bicyclic) bond motifs is 1. The molecular weight excluding hydrogens is 274 g/mol. The molecule has 2 aliphatic heterocycles. The van der Waals surface area contributed by atoms with Crippen LogP contribution in [-0.4, -0.2) is 35.6 Å². The van der Waals surface area contributed by atoms with E-state index >= 15 is 0 Å². The van der Waals surface area contributed by atoms with Gasteiger partial charge in [-0.15, -0.1) is 0 Å². The molecule has 0 aromatic carbocycles. The number of nitrogens with zero attached hydrogens (tertiary/aromatic N) is 3. The molecular formula is C17H22N5. The van der Waals surface area contributed by atoms with Crippen LogP contribution in [-0.2, 0) is 0 Å². The van der Waals surface area contributed by atoms with E-state index in [0.29, 0.717) is 12.0 Å². The molecule has 0 amide bonds. The molecule has 1 aromatic rings. The Balaban J connectivity index is 1.61. The number of hydrogen-bond donors (Lipinski definition) is 2. The summed E-state index contributed by atoms with van der Waals surface area (Å²) in [5, 5.41) is 3.63. The lowest BCUT2D eigenvalue weighted by molar-refractivity contribution is 0.340. The summed E-state index contributed by atoms with van der Waals surface area (Å²) in [7, 11) is 0. The Morgan fingerprint density at radius 3 is 3.05 bits per heavy atom. The van der Waals surface area contributed by atoms with Crippen LogP contribution in [0.4, 0.5) is 11.8 Å². The first-order chi connectivity index (χ1) is 10.8. The van der Waals surface area contributed by atoms with Crippen molar-refractivity contribution >= 4 is 17.3 Å². The number of anilines is 2. The number of rotatable bonds is 2. The third kappa shape index (κ3) is 2.61. The average Bonchev–Trinajstić information content (AvgIpc) is 2.99. The summed E-state index contributed by atoms with van der Waals surface area (Å²) >= 11 is 0. The van der Waals surface area contributed by atoms with Gasteiger partial charge in [0.15, 0.2) is 0 Å². The van der Waals surface area contributed by atoms with Crippen LogP contribution in [0.1, 0.15) is 25.0 Å². The van der Waals surface area contributed by atoms with Crippen molar-refractivity contribution < 1.29 is 0 Å². The highest BCUT2D eigenvalue weighted by molar-refractivity contribution is 5.75. The normalized spacial score (nSPS) is 27.6. The quantitative estimate of drug-likeness (QED) is 0.871. The fourth-order valence-electron chi connectivity index (χ4n) is 3.69. The molecule has 3 N–H and O–H groups in total. The zero-order valence-electron chi connectivity index (χ0n) is 12.7. The van der Waals surface area contributed by atoms with E-state index in [1.807, 2.05) is 0 Å². The molecule has 1 aromatic heterocycles. The van der Waals surface area contributed by atoms with Crippen LogP contribution in [0.25, 0.3) is 5.57 Å². The molecule has 1 aliphatic carbocycles.